The number of nitrogens with one attached hydrogen (secondary N) is 1. The largest absolute Gasteiger partial charge is 0.384 e. The Morgan fingerprint density at radius 2 is 2.12 bits per heavy atom. The quantitative estimate of drug-likeness (QED) is 0.740. The highest BCUT2D eigenvalue weighted by Crippen LogP contribution is 2.29. The van der Waals surface area contributed by atoms with Crippen molar-refractivity contribution in [3.05, 3.63) is 35.4 Å². The third-order valence-electron chi connectivity index (χ3n) is 3.16. The summed E-state index contributed by atoms with van der Waals surface area (Å²) in [6.45, 7) is 2.58. The van der Waals surface area contributed by atoms with Gasteiger partial charge in [0.2, 0.25) is 0 Å². The zero-order valence-corrected chi connectivity index (χ0v) is 9.49. The van der Waals surface area contributed by atoms with E-state index in [0.717, 1.165) is 24.2 Å². The minimum Gasteiger partial charge on any atom is -0.384 e. The van der Waals surface area contributed by atoms with Crippen LogP contribution >= 0.6 is 0 Å². The second-order valence-corrected chi connectivity index (χ2v) is 4.32. The summed E-state index contributed by atoms with van der Waals surface area (Å²) in [7, 11) is 0. The van der Waals surface area contributed by atoms with Gasteiger partial charge in [0.05, 0.1) is 5.69 Å². The molecular formula is C13H12N2O2. The molecule has 2 amide bonds. The first-order valence-electron chi connectivity index (χ1n) is 5.60. The molecule has 0 aromatic heterocycles. The van der Waals surface area contributed by atoms with Gasteiger partial charge in [-0.1, -0.05) is 0 Å². The lowest BCUT2D eigenvalue weighted by Gasteiger charge is -2.15. The van der Waals surface area contributed by atoms with Crippen LogP contribution in [0, 0.1) is 0 Å². The molecule has 0 spiro atoms. The molecule has 1 aromatic rings. The fourth-order valence-electron chi connectivity index (χ4n) is 2.26. The Labute approximate surface area is 98.9 Å². The minimum atomic E-state index is -0.251. The van der Waals surface area contributed by atoms with Crippen molar-refractivity contribution in [2.24, 2.45) is 0 Å². The zero-order chi connectivity index (χ0) is 12.0. The van der Waals surface area contributed by atoms with E-state index < -0.39 is 0 Å². The number of anilines is 2. The Morgan fingerprint density at radius 3 is 2.82 bits per heavy atom. The Morgan fingerprint density at radius 1 is 1.29 bits per heavy atom. The van der Waals surface area contributed by atoms with Gasteiger partial charge in [0.1, 0.15) is 0 Å². The van der Waals surface area contributed by atoms with E-state index in [-0.39, 0.29) is 11.8 Å². The lowest BCUT2D eigenvalue weighted by molar-refractivity contribution is -0.120. The predicted molar refractivity (Wildman–Crippen MR) is 64.9 cm³/mol. The molecule has 0 saturated heterocycles. The molecule has 0 aliphatic carbocycles. The number of fused-ring (bicyclic) bond motifs is 1. The topological polar surface area (TPSA) is 49.4 Å². The van der Waals surface area contributed by atoms with Gasteiger partial charge in [0, 0.05) is 23.9 Å². The standard InChI is InChI=1S/C13H12N2O2/c1-8-6-12(16)15(13(8)17)10-2-3-11-9(7-10)4-5-14-11/h2-3,6-7,14H,4-5H2,1H3. The van der Waals surface area contributed by atoms with Crippen molar-refractivity contribution in [1.82, 2.24) is 0 Å². The van der Waals surface area contributed by atoms with Gasteiger partial charge in [0.15, 0.2) is 0 Å². The van der Waals surface area contributed by atoms with Gasteiger partial charge in [0.25, 0.3) is 11.8 Å². The summed E-state index contributed by atoms with van der Waals surface area (Å²) < 4.78 is 0. The summed E-state index contributed by atoms with van der Waals surface area (Å²) in [4.78, 5) is 24.8. The van der Waals surface area contributed by atoms with Crippen LogP contribution in [0.5, 0.6) is 0 Å². The highest BCUT2D eigenvalue weighted by molar-refractivity contribution is 6.30. The molecule has 0 atom stereocenters. The third-order valence-corrected chi connectivity index (χ3v) is 3.16. The average Bonchev–Trinajstić information content (AvgIpc) is 2.84. The molecule has 17 heavy (non-hydrogen) atoms. The molecule has 1 aromatic carbocycles. The van der Waals surface area contributed by atoms with Crippen LogP contribution in [-0.4, -0.2) is 18.4 Å². The number of imide groups is 1. The highest BCUT2D eigenvalue weighted by atomic mass is 16.2. The Kier molecular flexibility index (Phi) is 2.04. The third kappa shape index (κ3) is 1.45. The average molecular weight is 228 g/mol. The molecule has 0 fully saturated rings. The lowest BCUT2D eigenvalue weighted by atomic mass is 10.1. The molecule has 2 aliphatic heterocycles. The van der Waals surface area contributed by atoms with Gasteiger partial charge in [-0.3, -0.25) is 9.59 Å². The molecule has 2 aliphatic rings. The van der Waals surface area contributed by atoms with Crippen molar-refractivity contribution in [1.29, 1.82) is 0 Å². The van der Waals surface area contributed by atoms with E-state index in [1.165, 1.54) is 11.0 Å². The van der Waals surface area contributed by atoms with Crippen LogP contribution in [-0.2, 0) is 16.0 Å². The lowest BCUT2D eigenvalue weighted by Crippen LogP contribution is -2.30. The van der Waals surface area contributed by atoms with Crippen LogP contribution in [0.3, 0.4) is 0 Å². The van der Waals surface area contributed by atoms with Crippen molar-refractivity contribution in [2.45, 2.75) is 13.3 Å². The van der Waals surface area contributed by atoms with E-state index in [2.05, 4.69) is 5.32 Å². The molecule has 0 radical (unpaired) electrons. The van der Waals surface area contributed by atoms with Crippen LogP contribution in [0.2, 0.25) is 0 Å². The molecule has 0 bridgehead atoms. The van der Waals surface area contributed by atoms with Gasteiger partial charge >= 0.3 is 0 Å². The number of amides is 2. The fraction of sp³-hybridized carbons (Fsp3) is 0.231. The summed E-state index contributed by atoms with van der Waals surface area (Å²) in [6.07, 6.45) is 2.32. The van der Waals surface area contributed by atoms with Crippen LogP contribution < -0.4 is 10.2 Å². The SMILES string of the molecule is CC1=CC(=O)N(c2ccc3c(c2)CCN3)C1=O. The maximum absolute atomic E-state index is 11.8. The number of rotatable bonds is 1. The number of carbonyl (C=O) groups excluding carboxylic acids is 2. The van der Waals surface area contributed by atoms with Gasteiger partial charge in [-0.05, 0) is 37.1 Å². The predicted octanol–water partition coefficient (Wildman–Crippen LogP) is 1.47. The molecule has 2 heterocycles. The molecule has 86 valence electrons. The van der Waals surface area contributed by atoms with Crippen LogP contribution in [0.15, 0.2) is 29.8 Å². The van der Waals surface area contributed by atoms with E-state index in [1.807, 2.05) is 12.1 Å². The number of carbonyl (C=O) groups is 2. The van der Waals surface area contributed by atoms with E-state index in [4.69, 9.17) is 0 Å². The highest BCUT2D eigenvalue weighted by Gasteiger charge is 2.30. The Bertz CT molecular complexity index is 561. The first kappa shape index (κ1) is 10.1. The maximum Gasteiger partial charge on any atom is 0.261 e. The number of nitrogens with zero attached hydrogens (tertiary/aromatic N) is 1. The summed E-state index contributed by atoms with van der Waals surface area (Å²) in [5.41, 5.74) is 3.41. The second-order valence-electron chi connectivity index (χ2n) is 4.32. The Hall–Kier alpha value is -2.10. The maximum atomic E-state index is 11.8. The van der Waals surface area contributed by atoms with E-state index >= 15 is 0 Å². The van der Waals surface area contributed by atoms with Gasteiger partial charge in [-0.25, -0.2) is 4.90 Å². The van der Waals surface area contributed by atoms with Crippen molar-refractivity contribution < 1.29 is 9.59 Å². The minimum absolute atomic E-state index is 0.221. The second kappa shape index (κ2) is 3.45. The summed E-state index contributed by atoms with van der Waals surface area (Å²) in [5.74, 6) is -0.473. The fourth-order valence-corrected chi connectivity index (χ4v) is 2.26. The molecule has 4 nitrogen and oxygen atoms in total. The number of benzene rings is 1. The molecule has 0 unspecified atom stereocenters. The van der Waals surface area contributed by atoms with Crippen LogP contribution in [0.25, 0.3) is 0 Å². The van der Waals surface area contributed by atoms with Crippen molar-refractivity contribution in [2.75, 3.05) is 16.8 Å². The monoisotopic (exact) mass is 228 g/mol. The molecule has 4 heteroatoms. The molecular weight excluding hydrogens is 216 g/mol. The van der Waals surface area contributed by atoms with E-state index in [9.17, 15) is 9.59 Å². The van der Waals surface area contributed by atoms with Crippen molar-refractivity contribution in [3.8, 4) is 0 Å². The summed E-state index contributed by atoms with van der Waals surface area (Å²) in [5, 5.41) is 3.25. The smallest absolute Gasteiger partial charge is 0.261 e. The Balaban J connectivity index is 2.01. The zero-order valence-electron chi connectivity index (χ0n) is 9.49. The summed E-state index contributed by atoms with van der Waals surface area (Å²) >= 11 is 0. The van der Waals surface area contributed by atoms with Gasteiger partial charge < -0.3 is 5.32 Å². The number of hydrogen-bond donors (Lipinski definition) is 1. The first-order valence-corrected chi connectivity index (χ1v) is 5.60. The normalized spacial score (nSPS) is 18.2. The number of hydrogen-bond acceptors (Lipinski definition) is 3. The molecule has 0 saturated carbocycles. The van der Waals surface area contributed by atoms with Crippen molar-refractivity contribution in [3.63, 3.8) is 0 Å². The van der Waals surface area contributed by atoms with E-state index in [0.29, 0.717) is 11.3 Å². The molecule has 3 rings (SSSR count). The van der Waals surface area contributed by atoms with Gasteiger partial charge in [-0.2, -0.15) is 0 Å². The van der Waals surface area contributed by atoms with Crippen molar-refractivity contribution >= 4 is 23.2 Å². The molecule has 1 N–H and O–H groups in total. The van der Waals surface area contributed by atoms with Crippen LogP contribution in [0.1, 0.15) is 12.5 Å². The van der Waals surface area contributed by atoms with Crippen LogP contribution in [0.4, 0.5) is 11.4 Å². The van der Waals surface area contributed by atoms with E-state index in [1.54, 1.807) is 13.0 Å². The first-order chi connectivity index (χ1) is 8.16. The summed E-state index contributed by atoms with van der Waals surface area (Å²) in [6, 6.07) is 5.64. The van der Waals surface area contributed by atoms with Gasteiger partial charge in [-0.15, -0.1) is 0 Å².